The van der Waals surface area contributed by atoms with E-state index >= 15 is 0 Å². The summed E-state index contributed by atoms with van der Waals surface area (Å²) >= 11 is 0. The average molecular weight is 392 g/mol. The molecule has 142 valence electrons. The maximum Gasteiger partial charge on any atom is 0.0991 e. The lowest BCUT2D eigenvalue weighted by atomic mass is 9.99. The van der Waals surface area contributed by atoms with E-state index in [9.17, 15) is 5.26 Å². The highest BCUT2D eigenvalue weighted by atomic mass is 14.9. The molecule has 0 amide bonds. The molecule has 2 nitrogen and oxygen atoms in total. The van der Waals surface area contributed by atoms with Gasteiger partial charge in [0.05, 0.1) is 28.2 Å². The molecule has 0 aliphatic rings. The van der Waals surface area contributed by atoms with Crippen LogP contribution in [0.5, 0.6) is 0 Å². The van der Waals surface area contributed by atoms with Crippen molar-refractivity contribution in [1.82, 2.24) is 4.40 Å². The van der Waals surface area contributed by atoms with E-state index in [4.69, 9.17) is 0 Å². The van der Waals surface area contributed by atoms with Crippen LogP contribution >= 0.6 is 0 Å². The van der Waals surface area contributed by atoms with Gasteiger partial charge in [-0.15, -0.1) is 0 Å². The van der Waals surface area contributed by atoms with Gasteiger partial charge in [0.1, 0.15) is 0 Å². The van der Waals surface area contributed by atoms with E-state index in [1.165, 1.54) is 48.9 Å². The van der Waals surface area contributed by atoms with Gasteiger partial charge < -0.3 is 4.40 Å². The molecule has 31 heavy (non-hydrogen) atoms. The summed E-state index contributed by atoms with van der Waals surface area (Å²) in [6.45, 7) is 0. The summed E-state index contributed by atoms with van der Waals surface area (Å²) in [4.78, 5) is 0. The van der Waals surface area contributed by atoms with Gasteiger partial charge in [0.25, 0.3) is 0 Å². The van der Waals surface area contributed by atoms with Crippen LogP contribution in [0.25, 0.3) is 60.0 Å². The predicted octanol–water partition coefficient (Wildman–Crippen LogP) is 7.53. The summed E-state index contributed by atoms with van der Waals surface area (Å²) in [5.41, 5.74) is 6.64. The number of nitrogens with zero attached hydrogens (tertiary/aromatic N) is 2. The van der Waals surface area contributed by atoms with Crippen molar-refractivity contribution < 1.29 is 0 Å². The molecule has 2 aromatic heterocycles. The molecule has 0 atom stereocenters. The molecule has 0 saturated carbocycles. The van der Waals surface area contributed by atoms with E-state index in [0.29, 0.717) is 5.56 Å². The van der Waals surface area contributed by atoms with Gasteiger partial charge in [-0.25, -0.2) is 0 Å². The van der Waals surface area contributed by atoms with Crippen LogP contribution in [0.1, 0.15) is 5.56 Å². The van der Waals surface area contributed by atoms with Crippen LogP contribution in [0, 0.1) is 11.3 Å². The van der Waals surface area contributed by atoms with Gasteiger partial charge >= 0.3 is 0 Å². The quantitative estimate of drug-likeness (QED) is 0.284. The zero-order valence-electron chi connectivity index (χ0n) is 16.6. The minimum atomic E-state index is 0.684. The molecular formula is C29H16N2. The van der Waals surface area contributed by atoms with Crippen molar-refractivity contribution in [3.63, 3.8) is 0 Å². The Bertz CT molecular complexity index is 1850. The fraction of sp³-hybridized carbons (Fsp3) is 0. The molecule has 0 aliphatic carbocycles. The minimum Gasteiger partial charge on any atom is -0.308 e. The molecular weight excluding hydrogens is 376 g/mol. The normalized spacial score (nSPS) is 11.8. The molecule has 0 fully saturated rings. The van der Waals surface area contributed by atoms with Crippen molar-refractivity contribution in [1.29, 1.82) is 5.26 Å². The SMILES string of the molecule is N#Cc1cccc(-c2ccc3c(c2)c2cccc4c5c6ccccc6ccc5n3c24)c1. The molecule has 2 heteroatoms. The predicted molar refractivity (Wildman–Crippen MR) is 129 cm³/mol. The van der Waals surface area contributed by atoms with Gasteiger partial charge in [0, 0.05) is 21.5 Å². The molecule has 0 N–H and O–H groups in total. The summed E-state index contributed by atoms with van der Waals surface area (Å²) in [6.07, 6.45) is 0. The highest BCUT2D eigenvalue weighted by Crippen LogP contribution is 2.42. The Kier molecular flexibility index (Phi) is 3.10. The number of aromatic nitrogens is 1. The van der Waals surface area contributed by atoms with Crippen molar-refractivity contribution in [2.45, 2.75) is 0 Å². The number of para-hydroxylation sites is 1. The summed E-state index contributed by atoms with van der Waals surface area (Å²) < 4.78 is 2.41. The second kappa shape index (κ2) is 5.84. The zero-order valence-corrected chi connectivity index (χ0v) is 16.6. The third-order valence-corrected chi connectivity index (χ3v) is 6.53. The van der Waals surface area contributed by atoms with Crippen molar-refractivity contribution in [3.05, 3.63) is 103 Å². The first kappa shape index (κ1) is 16.4. The Morgan fingerprint density at radius 1 is 0.581 bits per heavy atom. The number of benzene rings is 5. The Morgan fingerprint density at radius 2 is 1.35 bits per heavy atom. The van der Waals surface area contributed by atoms with Gasteiger partial charge in [0.2, 0.25) is 0 Å². The fourth-order valence-corrected chi connectivity index (χ4v) is 5.20. The lowest BCUT2D eigenvalue weighted by molar-refractivity contribution is 1.37. The smallest absolute Gasteiger partial charge is 0.0991 e. The number of nitriles is 1. The van der Waals surface area contributed by atoms with Crippen molar-refractivity contribution in [2.75, 3.05) is 0 Å². The lowest BCUT2D eigenvalue weighted by Crippen LogP contribution is -1.83. The average Bonchev–Trinajstić information content (AvgIpc) is 3.36. The Morgan fingerprint density at radius 3 is 2.29 bits per heavy atom. The number of fused-ring (bicyclic) bond motifs is 8. The first-order valence-corrected chi connectivity index (χ1v) is 10.4. The van der Waals surface area contributed by atoms with E-state index < -0.39 is 0 Å². The summed E-state index contributed by atoms with van der Waals surface area (Å²) in [5, 5.41) is 17.0. The number of hydrogen-bond acceptors (Lipinski definition) is 1. The minimum absolute atomic E-state index is 0.684. The van der Waals surface area contributed by atoms with Crippen LogP contribution in [-0.4, -0.2) is 4.40 Å². The van der Waals surface area contributed by atoms with Gasteiger partial charge in [-0.2, -0.15) is 5.26 Å². The van der Waals surface area contributed by atoms with E-state index in [2.05, 4.69) is 89.3 Å². The third kappa shape index (κ3) is 2.10. The Hall–Kier alpha value is -4.35. The van der Waals surface area contributed by atoms with Gasteiger partial charge in [-0.05, 0) is 52.2 Å². The topological polar surface area (TPSA) is 28.2 Å². The number of hydrogen-bond donors (Lipinski definition) is 0. The van der Waals surface area contributed by atoms with E-state index in [1.807, 2.05) is 18.2 Å². The summed E-state index contributed by atoms with van der Waals surface area (Å²) in [6, 6.07) is 36.5. The van der Waals surface area contributed by atoms with Crippen molar-refractivity contribution >= 4 is 48.9 Å². The van der Waals surface area contributed by atoms with E-state index in [1.54, 1.807) is 0 Å². The molecule has 2 heterocycles. The molecule has 0 bridgehead atoms. The standard InChI is InChI=1S/C29H16N2/c30-17-18-5-3-7-20(15-18)21-12-13-26-25(16-21)23-9-4-10-24-28-22-8-2-1-6-19(22)11-14-27(28)31(26)29(23)24/h1-16H. The fourth-order valence-electron chi connectivity index (χ4n) is 5.20. The first-order chi connectivity index (χ1) is 15.3. The number of rotatable bonds is 1. The molecule has 0 spiro atoms. The second-order valence-corrected chi connectivity index (χ2v) is 8.14. The molecule has 0 radical (unpaired) electrons. The largest absolute Gasteiger partial charge is 0.308 e. The maximum atomic E-state index is 9.28. The Balaban J connectivity index is 1.63. The van der Waals surface area contributed by atoms with Crippen LogP contribution < -0.4 is 0 Å². The maximum absolute atomic E-state index is 9.28. The summed E-state index contributed by atoms with van der Waals surface area (Å²) in [7, 11) is 0. The molecule has 5 aromatic carbocycles. The molecule has 0 unspecified atom stereocenters. The highest BCUT2D eigenvalue weighted by molar-refractivity contribution is 6.28. The van der Waals surface area contributed by atoms with Crippen LogP contribution in [0.2, 0.25) is 0 Å². The van der Waals surface area contributed by atoms with Crippen LogP contribution in [0.4, 0.5) is 0 Å². The molecule has 0 saturated heterocycles. The molecule has 7 aromatic rings. The lowest BCUT2D eigenvalue weighted by Gasteiger charge is -2.05. The van der Waals surface area contributed by atoms with Crippen LogP contribution in [0.3, 0.4) is 0 Å². The van der Waals surface area contributed by atoms with E-state index in [0.717, 1.165) is 11.1 Å². The zero-order chi connectivity index (χ0) is 20.5. The first-order valence-electron chi connectivity index (χ1n) is 10.4. The van der Waals surface area contributed by atoms with Crippen molar-refractivity contribution in [3.8, 4) is 17.2 Å². The van der Waals surface area contributed by atoms with Gasteiger partial charge in [-0.1, -0.05) is 66.7 Å². The van der Waals surface area contributed by atoms with Gasteiger partial charge in [0.15, 0.2) is 0 Å². The third-order valence-electron chi connectivity index (χ3n) is 6.53. The van der Waals surface area contributed by atoms with Gasteiger partial charge in [-0.3, -0.25) is 0 Å². The Labute approximate surface area is 178 Å². The molecule has 0 aliphatic heterocycles. The highest BCUT2D eigenvalue weighted by Gasteiger charge is 2.18. The summed E-state index contributed by atoms with van der Waals surface area (Å²) in [5.74, 6) is 0. The van der Waals surface area contributed by atoms with Crippen molar-refractivity contribution in [2.24, 2.45) is 0 Å². The van der Waals surface area contributed by atoms with Crippen LogP contribution in [-0.2, 0) is 0 Å². The molecule has 7 rings (SSSR count). The van der Waals surface area contributed by atoms with Crippen LogP contribution in [0.15, 0.2) is 97.1 Å². The van der Waals surface area contributed by atoms with E-state index in [-0.39, 0.29) is 0 Å². The second-order valence-electron chi connectivity index (χ2n) is 8.14. The monoisotopic (exact) mass is 392 g/mol.